The van der Waals surface area contributed by atoms with Crippen LogP contribution in [0.1, 0.15) is 17.0 Å². The maximum atomic E-state index is 6.64. The third-order valence-electron chi connectivity index (χ3n) is 3.00. The molecular weight excluding hydrogens is 272 g/mol. The normalized spacial score (nSPS) is 9.64. The lowest BCUT2D eigenvalue weighted by atomic mass is 10.2. The van der Waals surface area contributed by atoms with Crippen LogP contribution in [-0.4, -0.2) is 16.2 Å². The molecular formula is C18H20N4. The van der Waals surface area contributed by atoms with Crippen LogP contribution in [0.15, 0.2) is 73.1 Å². The van der Waals surface area contributed by atoms with E-state index in [9.17, 15) is 0 Å². The van der Waals surface area contributed by atoms with E-state index >= 15 is 0 Å². The van der Waals surface area contributed by atoms with E-state index in [2.05, 4.69) is 63.8 Å². The minimum Gasteiger partial charge on any atom is -0.344 e. The van der Waals surface area contributed by atoms with E-state index in [-0.39, 0.29) is 0 Å². The Morgan fingerprint density at radius 1 is 0.909 bits per heavy atom. The maximum Gasteiger partial charge on any atom is 0.147 e. The predicted molar refractivity (Wildman–Crippen MR) is 89.9 cm³/mol. The summed E-state index contributed by atoms with van der Waals surface area (Å²) in [6.45, 7) is 1.85. The Morgan fingerprint density at radius 2 is 1.45 bits per heavy atom. The number of imidazole rings is 1. The molecule has 4 heteroatoms. The van der Waals surface area contributed by atoms with Gasteiger partial charge in [-0.2, -0.15) is 0 Å². The largest absolute Gasteiger partial charge is 0.344 e. The summed E-state index contributed by atoms with van der Waals surface area (Å²) in [7, 11) is 0. The highest BCUT2D eigenvalue weighted by Crippen LogP contribution is 2.00. The number of nitrogens with one attached hydrogen (secondary N) is 3. The number of aromatic nitrogens is 2. The van der Waals surface area contributed by atoms with Gasteiger partial charge in [0.2, 0.25) is 0 Å². The molecule has 0 amide bonds. The van der Waals surface area contributed by atoms with Crippen molar-refractivity contribution >= 4 is 6.21 Å². The third-order valence-corrected chi connectivity index (χ3v) is 3.00. The molecule has 0 aliphatic heterocycles. The quantitative estimate of drug-likeness (QED) is 0.631. The van der Waals surface area contributed by atoms with Gasteiger partial charge in [0.05, 0.1) is 6.21 Å². The summed E-state index contributed by atoms with van der Waals surface area (Å²) < 4.78 is 0. The fraction of sp³-hybridized carbons (Fsp3) is 0.111. The molecule has 0 unspecified atom stereocenters. The van der Waals surface area contributed by atoms with Crippen molar-refractivity contribution in [1.29, 1.82) is 5.41 Å². The molecule has 112 valence electrons. The highest BCUT2D eigenvalue weighted by atomic mass is 14.9. The molecule has 0 bridgehead atoms. The van der Waals surface area contributed by atoms with Crippen molar-refractivity contribution in [2.75, 3.05) is 0 Å². The molecule has 3 N–H and O–H groups in total. The Kier molecular flexibility index (Phi) is 6.59. The zero-order valence-corrected chi connectivity index (χ0v) is 12.4. The van der Waals surface area contributed by atoms with Crippen LogP contribution in [0.5, 0.6) is 0 Å². The molecule has 0 aliphatic rings. The molecule has 22 heavy (non-hydrogen) atoms. The fourth-order valence-corrected chi connectivity index (χ4v) is 1.90. The molecule has 2 aromatic carbocycles. The molecule has 1 heterocycles. The van der Waals surface area contributed by atoms with Crippen LogP contribution >= 0.6 is 0 Å². The fourth-order valence-electron chi connectivity index (χ4n) is 1.90. The molecule has 0 aliphatic carbocycles. The summed E-state index contributed by atoms with van der Waals surface area (Å²) in [5, 5.41) is 10.1. The van der Waals surface area contributed by atoms with Crippen molar-refractivity contribution in [2.24, 2.45) is 0 Å². The zero-order valence-electron chi connectivity index (χ0n) is 12.4. The van der Waals surface area contributed by atoms with Gasteiger partial charge < -0.3 is 15.7 Å². The molecule has 0 radical (unpaired) electrons. The van der Waals surface area contributed by atoms with Gasteiger partial charge in [-0.25, -0.2) is 4.98 Å². The van der Waals surface area contributed by atoms with Gasteiger partial charge in [0.15, 0.2) is 0 Å². The summed E-state index contributed by atoms with van der Waals surface area (Å²) in [6, 6.07) is 20.9. The molecule has 3 rings (SSSR count). The Bertz CT molecular complexity index is 594. The average molecular weight is 292 g/mol. The van der Waals surface area contributed by atoms with Crippen LogP contribution in [0, 0.1) is 5.41 Å². The number of hydrogen-bond donors (Lipinski definition) is 3. The molecule has 0 spiro atoms. The van der Waals surface area contributed by atoms with Crippen molar-refractivity contribution in [3.63, 3.8) is 0 Å². The molecule has 4 nitrogen and oxygen atoms in total. The second-order valence-electron chi connectivity index (χ2n) is 4.69. The van der Waals surface area contributed by atoms with E-state index in [1.165, 1.54) is 17.3 Å². The number of hydrogen-bond acceptors (Lipinski definition) is 3. The Balaban J connectivity index is 0.000000211. The topological polar surface area (TPSA) is 64.6 Å². The minimum atomic E-state index is 0.597. The summed E-state index contributed by atoms with van der Waals surface area (Å²) >= 11 is 0. The summed E-state index contributed by atoms with van der Waals surface area (Å²) in [5.41, 5.74) is 2.65. The van der Waals surface area contributed by atoms with Gasteiger partial charge in [-0.05, 0) is 11.1 Å². The average Bonchev–Trinajstić information content (AvgIpc) is 3.11. The smallest absolute Gasteiger partial charge is 0.147 e. The second kappa shape index (κ2) is 9.26. The standard InChI is InChI=1S/C14H15N.C4H5N3/c1-3-7-13(8-4-1)11-15-12-14-9-5-2-6-10-14;5-3-4-6-1-2-7-4/h1-10,15H,11-12H2;1-3,5H,(H,6,7). The number of H-pyrrole nitrogens is 1. The first-order valence-corrected chi connectivity index (χ1v) is 7.17. The van der Waals surface area contributed by atoms with Crippen molar-refractivity contribution in [3.05, 3.63) is 90.0 Å². The molecule has 0 atom stereocenters. The molecule has 0 saturated heterocycles. The van der Waals surface area contributed by atoms with Crippen molar-refractivity contribution in [3.8, 4) is 0 Å². The predicted octanol–water partition coefficient (Wildman–Crippen LogP) is 3.38. The van der Waals surface area contributed by atoms with Crippen molar-refractivity contribution < 1.29 is 0 Å². The van der Waals surface area contributed by atoms with Crippen LogP contribution in [0.2, 0.25) is 0 Å². The van der Waals surface area contributed by atoms with E-state index in [1.807, 2.05) is 12.1 Å². The van der Waals surface area contributed by atoms with Crippen LogP contribution in [0.4, 0.5) is 0 Å². The second-order valence-corrected chi connectivity index (χ2v) is 4.69. The molecule has 0 saturated carbocycles. The van der Waals surface area contributed by atoms with Crippen molar-refractivity contribution in [1.82, 2.24) is 15.3 Å². The highest BCUT2D eigenvalue weighted by molar-refractivity contribution is 5.70. The summed E-state index contributed by atoms with van der Waals surface area (Å²) in [6.07, 6.45) is 4.46. The highest BCUT2D eigenvalue weighted by Gasteiger charge is 1.92. The van der Waals surface area contributed by atoms with E-state index in [0.29, 0.717) is 5.82 Å². The van der Waals surface area contributed by atoms with Gasteiger partial charge in [-0.3, -0.25) is 0 Å². The van der Waals surface area contributed by atoms with Crippen LogP contribution in [0.3, 0.4) is 0 Å². The molecule has 3 aromatic rings. The Morgan fingerprint density at radius 3 is 1.82 bits per heavy atom. The van der Waals surface area contributed by atoms with Gasteiger partial charge in [0.25, 0.3) is 0 Å². The van der Waals surface area contributed by atoms with E-state index in [0.717, 1.165) is 13.1 Å². The van der Waals surface area contributed by atoms with E-state index in [4.69, 9.17) is 5.41 Å². The van der Waals surface area contributed by atoms with E-state index in [1.54, 1.807) is 12.4 Å². The van der Waals surface area contributed by atoms with E-state index < -0.39 is 0 Å². The number of nitrogens with zero attached hydrogens (tertiary/aromatic N) is 1. The van der Waals surface area contributed by atoms with Gasteiger partial charge >= 0.3 is 0 Å². The van der Waals surface area contributed by atoms with Crippen LogP contribution in [0.25, 0.3) is 0 Å². The number of benzene rings is 2. The third kappa shape index (κ3) is 5.73. The minimum absolute atomic E-state index is 0.597. The number of aromatic amines is 1. The first-order valence-electron chi connectivity index (χ1n) is 7.17. The lowest BCUT2D eigenvalue weighted by Crippen LogP contribution is -2.12. The maximum absolute atomic E-state index is 6.64. The molecule has 0 fully saturated rings. The first-order chi connectivity index (χ1) is 10.9. The lowest BCUT2D eigenvalue weighted by Gasteiger charge is -2.04. The Hall–Kier alpha value is -2.72. The van der Waals surface area contributed by atoms with Gasteiger partial charge in [-0.1, -0.05) is 60.7 Å². The van der Waals surface area contributed by atoms with Crippen molar-refractivity contribution in [2.45, 2.75) is 13.1 Å². The monoisotopic (exact) mass is 292 g/mol. The molecule has 1 aromatic heterocycles. The zero-order chi connectivity index (χ0) is 15.5. The van der Waals surface area contributed by atoms with Crippen LogP contribution < -0.4 is 5.32 Å². The Labute approximate surface area is 130 Å². The van der Waals surface area contributed by atoms with Crippen LogP contribution in [-0.2, 0) is 13.1 Å². The first kappa shape index (κ1) is 15.7. The SMILES string of the molecule is N=Cc1ncc[nH]1.c1ccc(CNCc2ccccc2)cc1. The summed E-state index contributed by atoms with van der Waals surface area (Å²) in [4.78, 5) is 6.47. The summed E-state index contributed by atoms with van der Waals surface area (Å²) in [5.74, 6) is 0.597. The lowest BCUT2D eigenvalue weighted by molar-refractivity contribution is 0.693. The van der Waals surface area contributed by atoms with Gasteiger partial charge in [0, 0.05) is 25.5 Å². The van der Waals surface area contributed by atoms with Gasteiger partial charge in [-0.15, -0.1) is 0 Å². The van der Waals surface area contributed by atoms with Gasteiger partial charge in [0.1, 0.15) is 5.82 Å². The number of rotatable bonds is 5.